The molecular weight excluding hydrogens is 266 g/mol. The number of ether oxygens (including phenoxy) is 1. The second kappa shape index (κ2) is 4.11. The summed E-state index contributed by atoms with van der Waals surface area (Å²) in [6.07, 6.45) is 0.624. The van der Waals surface area contributed by atoms with E-state index in [2.05, 4.69) is 5.32 Å². The third-order valence-electron chi connectivity index (χ3n) is 3.80. The summed E-state index contributed by atoms with van der Waals surface area (Å²) in [6, 6.07) is 5.01. The summed E-state index contributed by atoms with van der Waals surface area (Å²) in [5, 5.41) is 12.8. The maximum atomic E-state index is 11.6. The molecule has 2 heterocycles. The van der Waals surface area contributed by atoms with Crippen molar-refractivity contribution < 1.29 is 18.3 Å². The van der Waals surface area contributed by atoms with Crippen LogP contribution in [0, 0.1) is 0 Å². The van der Waals surface area contributed by atoms with Gasteiger partial charge in [-0.05, 0) is 25.5 Å². The fourth-order valence-electron chi connectivity index (χ4n) is 2.86. The Morgan fingerprint density at radius 2 is 2.26 bits per heavy atom. The van der Waals surface area contributed by atoms with E-state index < -0.39 is 15.4 Å². The van der Waals surface area contributed by atoms with Gasteiger partial charge in [0.15, 0.2) is 9.84 Å². The van der Waals surface area contributed by atoms with Crippen LogP contribution in [0.2, 0.25) is 0 Å². The van der Waals surface area contributed by atoms with Crippen LogP contribution >= 0.6 is 0 Å². The van der Waals surface area contributed by atoms with Crippen LogP contribution in [0.3, 0.4) is 0 Å². The second-order valence-corrected chi connectivity index (χ2v) is 7.82. The van der Waals surface area contributed by atoms with Gasteiger partial charge in [0.1, 0.15) is 18.1 Å². The zero-order chi connectivity index (χ0) is 13.7. The minimum Gasteiger partial charge on any atom is -0.508 e. The molecule has 2 aliphatic heterocycles. The van der Waals surface area contributed by atoms with Crippen LogP contribution in [0.15, 0.2) is 18.2 Å². The largest absolute Gasteiger partial charge is 0.508 e. The van der Waals surface area contributed by atoms with Crippen molar-refractivity contribution in [2.24, 2.45) is 0 Å². The molecule has 104 valence electrons. The Bertz CT molecular complexity index is 613. The summed E-state index contributed by atoms with van der Waals surface area (Å²) in [7, 11) is -2.92. The fourth-order valence-corrected chi connectivity index (χ4v) is 4.97. The van der Waals surface area contributed by atoms with Crippen molar-refractivity contribution in [2.45, 2.75) is 24.9 Å². The van der Waals surface area contributed by atoms with E-state index in [0.29, 0.717) is 18.8 Å². The van der Waals surface area contributed by atoms with Crippen molar-refractivity contribution in [1.82, 2.24) is 5.32 Å². The van der Waals surface area contributed by atoms with E-state index in [-0.39, 0.29) is 23.3 Å². The highest BCUT2D eigenvalue weighted by Crippen LogP contribution is 2.37. The Kier molecular flexibility index (Phi) is 2.76. The molecule has 0 spiro atoms. The van der Waals surface area contributed by atoms with Gasteiger partial charge in [0, 0.05) is 17.2 Å². The lowest BCUT2D eigenvalue weighted by atomic mass is 9.98. The summed E-state index contributed by atoms with van der Waals surface area (Å²) in [5.41, 5.74) is 0.579. The Labute approximate surface area is 112 Å². The molecule has 0 radical (unpaired) electrons. The molecule has 0 aliphatic carbocycles. The molecule has 2 unspecified atom stereocenters. The number of phenols is 1. The molecule has 2 atom stereocenters. The van der Waals surface area contributed by atoms with Gasteiger partial charge in [-0.25, -0.2) is 8.42 Å². The second-order valence-electron chi connectivity index (χ2n) is 5.63. The predicted molar refractivity (Wildman–Crippen MR) is 71.2 cm³/mol. The van der Waals surface area contributed by atoms with Crippen LogP contribution in [0.1, 0.15) is 24.9 Å². The standard InChI is InChI=1S/C13H17NO4S/c1-13(4-5-19(16,17)8-13)14-11-7-18-12-6-9(15)2-3-10(11)12/h2-3,6,11,14-15H,4-5,7-8H2,1H3. The molecule has 2 N–H and O–H groups in total. The van der Waals surface area contributed by atoms with Crippen molar-refractivity contribution in [1.29, 1.82) is 0 Å². The van der Waals surface area contributed by atoms with Crippen LogP contribution in [-0.4, -0.2) is 37.2 Å². The lowest BCUT2D eigenvalue weighted by molar-refractivity contribution is 0.268. The molecule has 1 aromatic rings. The van der Waals surface area contributed by atoms with Crippen LogP contribution < -0.4 is 10.1 Å². The van der Waals surface area contributed by atoms with E-state index in [1.54, 1.807) is 12.1 Å². The Balaban J connectivity index is 1.80. The Morgan fingerprint density at radius 3 is 2.95 bits per heavy atom. The summed E-state index contributed by atoms with van der Waals surface area (Å²) < 4.78 is 28.7. The maximum absolute atomic E-state index is 11.6. The highest BCUT2D eigenvalue weighted by atomic mass is 32.2. The number of benzene rings is 1. The molecule has 3 rings (SSSR count). The smallest absolute Gasteiger partial charge is 0.152 e. The molecule has 0 bridgehead atoms. The van der Waals surface area contributed by atoms with E-state index in [1.165, 1.54) is 0 Å². The van der Waals surface area contributed by atoms with Gasteiger partial charge in [0.2, 0.25) is 0 Å². The lowest BCUT2D eigenvalue weighted by Gasteiger charge is -2.27. The summed E-state index contributed by atoms with van der Waals surface area (Å²) in [4.78, 5) is 0. The number of hydrogen-bond donors (Lipinski definition) is 2. The molecule has 0 amide bonds. The molecule has 6 heteroatoms. The highest BCUT2D eigenvalue weighted by molar-refractivity contribution is 7.91. The minimum atomic E-state index is -2.92. The third kappa shape index (κ3) is 2.42. The molecule has 0 saturated carbocycles. The molecule has 1 fully saturated rings. The number of nitrogens with one attached hydrogen (secondary N) is 1. The third-order valence-corrected chi connectivity index (χ3v) is 5.71. The molecule has 19 heavy (non-hydrogen) atoms. The monoisotopic (exact) mass is 283 g/mol. The van der Waals surface area contributed by atoms with Crippen molar-refractivity contribution in [3.63, 3.8) is 0 Å². The SMILES string of the molecule is CC1(NC2COc3cc(O)ccc32)CCS(=O)(=O)C1. The van der Waals surface area contributed by atoms with Crippen molar-refractivity contribution in [3.05, 3.63) is 23.8 Å². The summed E-state index contributed by atoms with van der Waals surface area (Å²) in [6.45, 7) is 2.41. The van der Waals surface area contributed by atoms with Gasteiger partial charge in [0.25, 0.3) is 0 Å². The molecule has 2 aliphatic rings. The van der Waals surface area contributed by atoms with Gasteiger partial charge in [-0.1, -0.05) is 0 Å². The quantitative estimate of drug-likeness (QED) is 0.846. The zero-order valence-electron chi connectivity index (χ0n) is 10.7. The van der Waals surface area contributed by atoms with Gasteiger partial charge in [-0.3, -0.25) is 0 Å². The zero-order valence-corrected chi connectivity index (χ0v) is 11.5. The number of aromatic hydroxyl groups is 1. The lowest BCUT2D eigenvalue weighted by Crippen LogP contribution is -2.45. The Morgan fingerprint density at radius 1 is 1.47 bits per heavy atom. The van der Waals surface area contributed by atoms with E-state index in [0.717, 1.165) is 5.56 Å². The number of hydrogen-bond acceptors (Lipinski definition) is 5. The van der Waals surface area contributed by atoms with Crippen LogP contribution in [-0.2, 0) is 9.84 Å². The average molecular weight is 283 g/mol. The Hall–Kier alpha value is -1.27. The summed E-state index contributed by atoms with van der Waals surface area (Å²) in [5.74, 6) is 1.26. The molecule has 1 aromatic carbocycles. The summed E-state index contributed by atoms with van der Waals surface area (Å²) >= 11 is 0. The van der Waals surface area contributed by atoms with E-state index in [9.17, 15) is 13.5 Å². The first-order valence-corrected chi connectivity index (χ1v) is 8.13. The maximum Gasteiger partial charge on any atom is 0.152 e. The topological polar surface area (TPSA) is 75.6 Å². The molecule has 0 aromatic heterocycles. The van der Waals surface area contributed by atoms with Crippen LogP contribution in [0.4, 0.5) is 0 Å². The van der Waals surface area contributed by atoms with E-state index >= 15 is 0 Å². The molecular formula is C13H17NO4S. The first-order chi connectivity index (χ1) is 8.87. The number of rotatable bonds is 2. The number of fused-ring (bicyclic) bond motifs is 1. The van der Waals surface area contributed by atoms with Crippen LogP contribution in [0.25, 0.3) is 0 Å². The fraction of sp³-hybridized carbons (Fsp3) is 0.538. The average Bonchev–Trinajstić information content (AvgIpc) is 2.80. The van der Waals surface area contributed by atoms with Gasteiger partial charge in [-0.15, -0.1) is 0 Å². The predicted octanol–water partition coefficient (Wildman–Crippen LogP) is 0.993. The van der Waals surface area contributed by atoms with Crippen molar-refractivity contribution in [2.75, 3.05) is 18.1 Å². The van der Waals surface area contributed by atoms with E-state index in [4.69, 9.17) is 4.74 Å². The van der Waals surface area contributed by atoms with E-state index in [1.807, 2.05) is 13.0 Å². The van der Waals surface area contributed by atoms with Gasteiger partial charge in [0.05, 0.1) is 17.5 Å². The van der Waals surface area contributed by atoms with Gasteiger partial charge < -0.3 is 15.2 Å². The van der Waals surface area contributed by atoms with Crippen molar-refractivity contribution >= 4 is 9.84 Å². The first kappa shape index (κ1) is 12.7. The first-order valence-electron chi connectivity index (χ1n) is 6.31. The number of phenolic OH excluding ortho intramolecular Hbond substituents is 1. The number of sulfone groups is 1. The highest BCUT2D eigenvalue weighted by Gasteiger charge is 2.41. The normalized spacial score (nSPS) is 31.9. The molecule has 1 saturated heterocycles. The van der Waals surface area contributed by atoms with Gasteiger partial charge in [-0.2, -0.15) is 0 Å². The minimum absolute atomic E-state index is 0.0195. The van der Waals surface area contributed by atoms with Crippen molar-refractivity contribution in [3.8, 4) is 11.5 Å². The molecule has 5 nitrogen and oxygen atoms in total. The van der Waals surface area contributed by atoms with Crippen LogP contribution in [0.5, 0.6) is 11.5 Å². The van der Waals surface area contributed by atoms with Gasteiger partial charge >= 0.3 is 0 Å².